The highest BCUT2D eigenvalue weighted by Gasteiger charge is 2.24. The molecule has 1 unspecified atom stereocenters. The van der Waals surface area contributed by atoms with E-state index in [1.54, 1.807) is 0 Å². The lowest BCUT2D eigenvalue weighted by molar-refractivity contribution is -0.126. The predicted molar refractivity (Wildman–Crippen MR) is 84.6 cm³/mol. The van der Waals surface area contributed by atoms with Gasteiger partial charge in [-0.2, -0.15) is 0 Å². The Labute approximate surface area is 123 Å². The molecule has 1 atom stereocenters. The summed E-state index contributed by atoms with van der Waals surface area (Å²) in [7, 11) is 1.99. The zero-order valence-electron chi connectivity index (χ0n) is 13.4. The van der Waals surface area contributed by atoms with Gasteiger partial charge in [0.25, 0.3) is 0 Å². The number of carbonyl (C=O) groups excluding carboxylic acids is 1. The number of benzene rings is 1. The van der Waals surface area contributed by atoms with Gasteiger partial charge in [-0.15, -0.1) is 0 Å². The normalized spacial score (nSPS) is 13.3. The van der Waals surface area contributed by atoms with E-state index in [9.17, 15) is 4.79 Å². The molecule has 0 saturated carbocycles. The second-order valence-electron chi connectivity index (χ2n) is 6.49. The fourth-order valence-electron chi connectivity index (χ4n) is 2.08. The van der Waals surface area contributed by atoms with E-state index < -0.39 is 0 Å². The minimum absolute atomic E-state index is 0.0878. The van der Waals surface area contributed by atoms with E-state index in [0.717, 1.165) is 25.1 Å². The van der Waals surface area contributed by atoms with Crippen molar-refractivity contribution in [1.82, 2.24) is 10.2 Å². The molecule has 1 rings (SSSR count). The quantitative estimate of drug-likeness (QED) is 0.865. The van der Waals surface area contributed by atoms with E-state index in [0.29, 0.717) is 0 Å². The molecule has 0 bridgehead atoms. The summed E-state index contributed by atoms with van der Waals surface area (Å²) in [5, 5.41) is 3.07. The van der Waals surface area contributed by atoms with E-state index in [1.807, 2.05) is 37.4 Å². The summed E-state index contributed by atoms with van der Waals surface area (Å²) in [4.78, 5) is 14.5. The highest BCUT2D eigenvalue weighted by atomic mass is 16.2. The summed E-state index contributed by atoms with van der Waals surface area (Å²) in [6.45, 7) is 10.2. The summed E-state index contributed by atoms with van der Waals surface area (Å²) in [6, 6.07) is 9.76. The van der Waals surface area contributed by atoms with Crippen LogP contribution in [0.5, 0.6) is 0 Å². The van der Waals surface area contributed by atoms with Crippen LogP contribution in [-0.2, 0) is 4.79 Å². The number of nitrogens with zero attached hydrogens (tertiary/aromatic N) is 1. The SMILES string of the molecule is CCN(C)C(C(=O)NCCC(C)(C)C)c1ccccc1. The third kappa shape index (κ3) is 5.33. The average molecular weight is 276 g/mol. The van der Waals surface area contributed by atoms with Crippen molar-refractivity contribution in [3.8, 4) is 0 Å². The predicted octanol–water partition coefficient (Wildman–Crippen LogP) is 3.23. The van der Waals surface area contributed by atoms with Crippen LogP contribution in [-0.4, -0.2) is 30.9 Å². The Hall–Kier alpha value is -1.35. The monoisotopic (exact) mass is 276 g/mol. The summed E-state index contributed by atoms with van der Waals surface area (Å²) in [5.74, 6) is 0.0878. The fraction of sp³-hybridized carbons (Fsp3) is 0.588. The molecule has 1 aromatic rings. The third-order valence-electron chi connectivity index (χ3n) is 3.48. The molecule has 0 spiro atoms. The second kappa shape index (κ2) is 7.44. The van der Waals surface area contributed by atoms with E-state index in [1.165, 1.54) is 0 Å². The maximum absolute atomic E-state index is 12.5. The van der Waals surface area contributed by atoms with Gasteiger partial charge >= 0.3 is 0 Å². The number of nitrogens with one attached hydrogen (secondary N) is 1. The van der Waals surface area contributed by atoms with Gasteiger partial charge in [-0.1, -0.05) is 58.0 Å². The van der Waals surface area contributed by atoms with Crippen molar-refractivity contribution in [3.05, 3.63) is 35.9 Å². The van der Waals surface area contributed by atoms with Crippen molar-refractivity contribution in [2.75, 3.05) is 20.1 Å². The molecule has 3 heteroatoms. The van der Waals surface area contributed by atoms with Crippen LogP contribution >= 0.6 is 0 Å². The lowest BCUT2D eigenvalue weighted by Crippen LogP contribution is -2.39. The zero-order valence-corrected chi connectivity index (χ0v) is 13.4. The Morgan fingerprint density at radius 1 is 1.25 bits per heavy atom. The maximum atomic E-state index is 12.5. The molecule has 0 aliphatic carbocycles. The van der Waals surface area contributed by atoms with Gasteiger partial charge in [-0.25, -0.2) is 0 Å². The molecule has 0 aliphatic heterocycles. The van der Waals surface area contributed by atoms with Crippen molar-refractivity contribution in [1.29, 1.82) is 0 Å². The first kappa shape index (κ1) is 16.7. The highest BCUT2D eigenvalue weighted by molar-refractivity contribution is 5.83. The summed E-state index contributed by atoms with van der Waals surface area (Å²) in [6.07, 6.45) is 0.982. The molecule has 0 aromatic heterocycles. The average Bonchev–Trinajstić information content (AvgIpc) is 2.38. The number of carbonyl (C=O) groups is 1. The molecule has 1 N–H and O–H groups in total. The summed E-state index contributed by atoms with van der Waals surface area (Å²) < 4.78 is 0. The minimum atomic E-state index is -0.207. The lowest BCUT2D eigenvalue weighted by atomic mass is 9.92. The first-order valence-electron chi connectivity index (χ1n) is 7.38. The van der Waals surface area contributed by atoms with Gasteiger partial charge in [-0.05, 0) is 31.0 Å². The Morgan fingerprint density at radius 3 is 2.35 bits per heavy atom. The van der Waals surface area contributed by atoms with Gasteiger partial charge in [0.05, 0.1) is 0 Å². The van der Waals surface area contributed by atoms with Gasteiger partial charge in [0.15, 0.2) is 0 Å². The molecule has 0 heterocycles. The van der Waals surface area contributed by atoms with Crippen molar-refractivity contribution in [2.45, 2.75) is 40.2 Å². The standard InChI is InChI=1S/C17H28N2O/c1-6-19(5)15(14-10-8-7-9-11-14)16(20)18-13-12-17(2,3)4/h7-11,15H,6,12-13H2,1-5H3,(H,18,20). The topological polar surface area (TPSA) is 32.3 Å². The van der Waals surface area contributed by atoms with E-state index in [4.69, 9.17) is 0 Å². The van der Waals surface area contributed by atoms with Crippen LogP contribution in [0.4, 0.5) is 0 Å². The molecule has 0 aliphatic rings. The van der Waals surface area contributed by atoms with Crippen LogP contribution < -0.4 is 5.32 Å². The molecule has 0 fully saturated rings. The smallest absolute Gasteiger partial charge is 0.241 e. The van der Waals surface area contributed by atoms with Crippen LogP contribution in [0.1, 0.15) is 45.7 Å². The maximum Gasteiger partial charge on any atom is 0.241 e. The van der Waals surface area contributed by atoms with Crippen LogP contribution in [0.15, 0.2) is 30.3 Å². The molecule has 1 aromatic carbocycles. The number of hydrogen-bond donors (Lipinski definition) is 1. The van der Waals surface area contributed by atoms with E-state index in [2.05, 4.69) is 37.9 Å². The Balaban J connectivity index is 2.72. The summed E-state index contributed by atoms with van der Waals surface area (Å²) in [5.41, 5.74) is 1.29. The lowest BCUT2D eigenvalue weighted by Gasteiger charge is -2.27. The van der Waals surface area contributed by atoms with Crippen LogP contribution in [0.2, 0.25) is 0 Å². The van der Waals surface area contributed by atoms with Crippen molar-refractivity contribution in [2.24, 2.45) is 5.41 Å². The van der Waals surface area contributed by atoms with Gasteiger partial charge in [0.2, 0.25) is 5.91 Å². The zero-order chi connectivity index (χ0) is 15.2. The Bertz CT molecular complexity index is 409. The van der Waals surface area contributed by atoms with Gasteiger partial charge < -0.3 is 5.32 Å². The molecule has 3 nitrogen and oxygen atoms in total. The second-order valence-corrected chi connectivity index (χ2v) is 6.49. The first-order valence-corrected chi connectivity index (χ1v) is 7.38. The Morgan fingerprint density at radius 2 is 1.85 bits per heavy atom. The fourth-order valence-corrected chi connectivity index (χ4v) is 2.08. The molecular formula is C17H28N2O. The molecular weight excluding hydrogens is 248 g/mol. The molecule has 0 radical (unpaired) electrons. The first-order chi connectivity index (χ1) is 9.35. The number of likely N-dealkylation sites (N-methyl/N-ethyl adjacent to an activating group) is 1. The van der Waals surface area contributed by atoms with Crippen molar-refractivity contribution >= 4 is 5.91 Å². The van der Waals surface area contributed by atoms with Gasteiger partial charge in [0, 0.05) is 6.54 Å². The van der Waals surface area contributed by atoms with Crippen LogP contribution in [0.3, 0.4) is 0 Å². The minimum Gasteiger partial charge on any atom is -0.354 e. The van der Waals surface area contributed by atoms with Crippen LogP contribution in [0.25, 0.3) is 0 Å². The number of amides is 1. The number of rotatable bonds is 6. The third-order valence-corrected chi connectivity index (χ3v) is 3.48. The van der Waals surface area contributed by atoms with Crippen molar-refractivity contribution < 1.29 is 4.79 Å². The van der Waals surface area contributed by atoms with E-state index >= 15 is 0 Å². The summed E-state index contributed by atoms with van der Waals surface area (Å²) >= 11 is 0. The van der Waals surface area contributed by atoms with Gasteiger partial charge in [0.1, 0.15) is 6.04 Å². The van der Waals surface area contributed by atoms with Crippen molar-refractivity contribution in [3.63, 3.8) is 0 Å². The van der Waals surface area contributed by atoms with Crippen LogP contribution in [0, 0.1) is 5.41 Å². The molecule has 0 saturated heterocycles. The van der Waals surface area contributed by atoms with Gasteiger partial charge in [-0.3, -0.25) is 9.69 Å². The Kier molecular flexibility index (Phi) is 6.21. The molecule has 112 valence electrons. The highest BCUT2D eigenvalue weighted by Crippen LogP contribution is 2.20. The largest absolute Gasteiger partial charge is 0.354 e. The number of hydrogen-bond acceptors (Lipinski definition) is 2. The van der Waals surface area contributed by atoms with E-state index in [-0.39, 0.29) is 17.4 Å². The molecule has 1 amide bonds. The molecule has 20 heavy (non-hydrogen) atoms.